The molecule has 5 nitrogen and oxygen atoms in total. The van der Waals surface area contributed by atoms with Crippen molar-refractivity contribution in [2.75, 3.05) is 13.1 Å². The summed E-state index contributed by atoms with van der Waals surface area (Å²) in [5.41, 5.74) is 2.31. The molecule has 0 spiro atoms. The average molecular weight is 355 g/mol. The molecule has 1 aliphatic carbocycles. The van der Waals surface area contributed by atoms with E-state index >= 15 is 0 Å². The number of urea groups is 1. The number of piperidine rings is 1. The van der Waals surface area contributed by atoms with Crippen LogP contribution in [-0.4, -0.2) is 29.9 Å². The Morgan fingerprint density at radius 2 is 1.88 bits per heavy atom. The number of hydrogen-bond donors (Lipinski definition) is 2. The molecular formula is C21H29N3O2. The molecule has 0 aromatic heterocycles. The minimum atomic E-state index is -0.00690. The molecule has 0 saturated carbocycles. The fourth-order valence-electron chi connectivity index (χ4n) is 3.82. The quantitative estimate of drug-likeness (QED) is 0.766. The first-order valence-electron chi connectivity index (χ1n) is 9.80. The highest BCUT2D eigenvalue weighted by Crippen LogP contribution is 2.34. The zero-order valence-corrected chi connectivity index (χ0v) is 15.4. The molecule has 1 heterocycles. The molecule has 3 rings (SSSR count). The van der Waals surface area contributed by atoms with E-state index in [0.29, 0.717) is 31.8 Å². The lowest BCUT2D eigenvalue weighted by atomic mass is 9.85. The van der Waals surface area contributed by atoms with Crippen molar-refractivity contribution in [2.24, 2.45) is 5.92 Å². The zero-order chi connectivity index (χ0) is 18.2. The van der Waals surface area contributed by atoms with Gasteiger partial charge >= 0.3 is 6.03 Å². The van der Waals surface area contributed by atoms with Gasteiger partial charge in [0.2, 0.25) is 5.91 Å². The maximum atomic E-state index is 12.5. The lowest BCUT2D eigenvalue weighted by Gasteiger charge is -2.37. The summed E-state index contributed by atoms with van der Waals surface area (Å²) < 4.78 is 0. The van der Waals surface area contributed by atoms with E-state index in [1.54, 1.807) is 0 Å². The normalized spacial score (nSPS) is 19.3. The second kappa shape index (κ2) is 9.41. The fourth-order valence-corrected chi connectivity index (χ4v) is 3.82. The third kappa shape index (κ3) is 5.10. The van der Waals surface area contributed by atoms with E-state index in [0.717, 1.165) is 24.9 Å². The van der Waals surface area contributed by atoms with Gasteiger partial charge in [0, 0.05) is 31.8 Å². The summed E-state index contributed by atoms with van der Waals surface area (Å²) in [5.74, 6) is 0.586. The van der Waals surface area contributed by atoms with Crippen LogP contribution in [0.3, 0.4) is 0 Å². The highest BCUT2D eigenvalue weighted by Gasteiger charge is 2.29. The SMILES string of the molecule is O=C(CCCNC(=O)N1CCCC2CCCC=C21)NCc1ccccc1. The molecule has 2 N–H and O–H groups in total. The molecule has 1 aromatic rings. The third-order valence-corrected chi connectivity index (χ3v) is 5.21. The Kier molecular flexibility index (Phi) is 6.69. The van der Waals surface area contributed by atoms with Crippen molar-refractivity contribution in [1.29, 1.82) is 0 Å². The Balaban J connectivity index is 1.34. The number of benzene rings is 1. The van der Waals surface area contributed by atoms with E-state index < -0.39 is 0 Å². The monoisotopic (exact) mass is 355 g/mol. The minimum Gasteiger partial charge on any atom is -0.352 e. The number of amides is 3. The van der Waals surface area contributed by atoms with Crippen molar-refractivity contribution < 1.29 is 9.59 Å². The van der Waals surface area contributed by atoms with Crippen LogP contribution in [0.2, 0.25) is 0 Å². The van der Waals surface area contributed by atoms with Crippen LogP contribution in [0.15, 0.2) is 42.1 Å². The number of likely N-dealkylation sites (tertiary alicyclic amines) is 1. The van der Waals surface area contributed by atoms with Crippen molar-refractivity contribution in [3.63, 3.8) is 0 Å². The second-order valence-electron chi connectivity index (χ2n) is 7.15. The number of allylic oxidation sites excluding steroid dienone is 2. The maximum absolute atomic E-state index is 12.5. The molecule has 1 unspecified atom stereocenters. The van der Waals surface area contributed by atoms with Crippen LogP contribution >= 0.6 is 0 Å². The fraction of sp³-hybridized carbons (Fsp3) is 0.524. The number of fused-ring (bicyclic) bond motifs is 1. The van der Waals surface area contributed by atoms with Crippen LogP contribution in [-0.2, 0) is 11.3 Å². The van der Waals surface area contributed by atoms with E-state index in [4.69, 9.17) is 0 Å². The topological polar surface area (TPSA) is 61.4 Å². The van der Waals surface area contributed by atoms with E-state index in [1.807, 2.05) is 35.2 Å². The Morgan fingerprint density at radius 3 is 2.73 bits per heavy atom. The Hall–Kier alpha value is -2.30. The van der Waals surface area contributed by atoms with E-state index in [-0.39, 0.29) is 11.9 Å². The standard InChI is InChI=1S/C21H29N3O2/c25-20(23-16-17-8-2-1-3-9-17)13-6-14-22-21(26)24-15-7-11-18-10-4-5-12-19(18)24/h1-3,8-9,12,18H,4-7,10-11,13-16H2,(H,22,26)(H,23,25). The van der Waals surface area contributed by atoms with Gasteiger partial charge in [-0.3, -0.25) is 9.69 Å². The molecule has 1 aromatic carbocycles. The smallest absolute Gasteiger partial charge is 0.321 e. The van der Waals surface area contributed by atoms with Gasteiger partial charge < -0.3 is 10.6 Å². The van der Waals surface area contributed by atoms with Crippen LogP contribution < -0.4 is 10.6 Å². The van der Waals surface area contributed by atoms with Gasteiger partial charge in [0.25, 0.3) is 0 Å². The molecule has 1 atom stereocenters. The highest BCUT2D eigenvalue weighted by molar-refractivity contribution is 5.77. The van der Waals surface area contributed by atoms with E-state index in [1.165, 1.54) is 25.0 Å². The van der Waals surface area contributed by atoms with Crippen molar-refractivity contribution in [3.8, 4) is 0 Å². The molecular weight excluding hydrogens is 326 g/mol. The summed E-state index contributed by atoms with van der Waals surface area (Å²) in [6.45, 7) is 1.90. The van der Waals surface area contributed by atoms with Crippen LogP contribution in [0.4, 0.5) is 4.79 Å². The van der Waals surface area contributed by atoms with E-state index in [9.17, 15) is 9.59 Å². The summed E-state index contributed by atoms with van der Waals surface area (Å²) >= 11 is 0. The molecule has 1 saturated heterocycles. The first-order valence-corrected chi connectivity index (χ1v) is 9.80. The van der Waals surface area contributed by atoms with Gasteiger partial charge in [-0.1, -0.05) is 36.4 Å². The predicted molar refractivity (Wildman–Crippen MR) is 102 cm³/mol. The van der Waals surface area contributed by atoms with Crippen molar-refractivity contribution in [3.05, 3.63) is 47.7 Å². The van der Waals surface area contributed by atoms with Crippen molar-refractivity contribution in [1.82, 2.24) is 15.5 Å². The van der Waals surface area contributed by atoms with Gasteiger partial charge in [0.05, 0.1) is 0 Å². The highest BCUT2D eigenvalue weighted by atomic mass is 16.2. The van der Waals surface area contributed by atoms with E-state index in [2.05, 4.69) is 16.7 Å². The number of rotatable bonds is 6. The molecule has 1 fully saturated rings. The molecule has 1 aliphatic heterocycles. The number of hydrogen-bond acceptors (Lipinski definition) is 2. The predicted octanol–water partition coefficient (Wildman–Crippen LogP) is 3.57. The van der Waals surface area contributed by atoms with Gasteiger partial charge in [0.15, 0.2) is 0 Å². The first kappa shape index (κ1) is 18.5. The van der Waals surface area contributed by atoms with Crippen molar-refractivity contribution >= 4 is 11.9 Å². The number of nitrogens with zero attached hydrogens (tertiary/aromatic N) is 1. The number of nitrogens with one attached hydrogen (secondary N) is 2. The molecule has 5 heteroatoms. The lowest BCUT2D eigenvalue weighted by Crippen LogP contribution is -2.45. The summed E-state index contributed by atoms with van der Waals surface area (Å²) in [6, 6.07) is 9.86. The summed E-state index contributed by atoms with van der Waals surface area (Å²) in [5, 5.41) is 5.90. The molecule has 0 bridgehead atoms. The molecule has 3 amide bonds. The lowest BCUT2D eigenvalue weighted by molar-refractivity contribution is -0.121. The van der Waals surface area contributed by atoms with Crippen LogP contribution in [0, 0.1) is 5.92 Å². The van der Waals surface area contributed by atoms with Crippen molar-refractivity contribution in [2.45, 2.75) is 51.5 Å². The Labute approximate surface area is 155 Å². The van der Waals surface area contributed by atoms with Gasteiger partial charge in [-0.05, 0) is 50.0 Å². The van der Waals surface area contributed by atoms with Crippen LogP contribution in [0.25, 0.3) is 0 Å². The van der Waals surface area contributed by atoms with Crippen LogP contribution in [0.1, 0.15) is 50.5 Å². The summed E-state index contributed by atoms with van der Waals surface area (Å²) in [4.78, 5) is 26.3. The molecule has 26 heavy (non-hydrogen) atoms. The summed E-state index contributed by atoms with van der Waals surface area (Å²) in [7, 11) is 0. The minimum absolute atomic E-state index is 0.00690. The summed E-state index contributed by atoms with van der Waals surface area (Å²) in [6.07, 6.45) is 9.13. The van der Waals surface area contributed by atoms with Crippen LogP contribution in [0.5, 0.6) is 0 Å². The number of carbonyl (C=O) groups is 2. The molecule has 0 radical (unpaired) electrons. The average Bonchev–Trinajstić information content (AvgIpc) is 2.70. The molecule has 140 valence electrons. The second-order valence-corrected chi connectivity index (χ2v) is 7.15. The first-order chi connectivity index (χ1) is 12.7. The Bertz CT molecular complexity index is 642. The number of carbonyl (C=O) groups excluding carboxylic acids is 2. The van der Waals surface area contributed by atoms with Gasteiger partial charge in [0.1, 0.15) is 0 Å². The van der Waals surface area contributed by atoms with Gasteiger partial charge in [-0.15, -0.1) is 0 Å². The largest absolute Gasteiger partial charge is 0.352 e. The Morgan fingerprint density at radius 1 is 1.08 bits per heavy atom. The third-order valence-electron chi connectivity index (χ3n) is 5.21. The van der Waals surface area contributed by atoms with Gasteiger partial charge in [-0.25, -0.2) is 4.79 Å². The zero-order valence-electron chi connectivity index (χ0n) is 15.4. The van der Waals surface area contributed by atoms with Gasteiger partial charge in [-0.2, -0.15) is 0 Å². The molecule has 2 aliphatic rings. The maximum Gasteiger partial charge on any atom is 0.321 e.